The molecule has 0 bridgehead atoms. The van der Waals surface area contributed by atoms with Crippen LogP contribution in [-0.4, -0.2) is 69.4 Å². The molecule has 0 aromatic carbocycles. The van der Waals surface area contributed by atoms with E-state index in [0.717, 1.165) is 5.69 Å². The normalized spacial score (nSPS) is 22.6. The maximum Gasteiger partial charge on any atom is 0.316 e. The van der Waals surface area contributed by atoms with Gasteiger partial charge in [0.1, 0.15) is 10.4 Å². The molecule has 4 heterocycles. The van der Waals surface area contributed by atoms with Gasteiger partial charge in [-0.05, 0) is 26.3 Å². The summed E-state index contributed by atoms with van der Waals surface area (Å²) < 4.78 is 30.2. The number of amides is 1. The summed E-state index contributed by atoms with van der Waals surface area (Å²) in [7, 11) is -3.30. The van der Waals surface area contributed by atoms with E-state index in [0.29, 0.717) is 17.8 Å². The Morgan fingerprint density at radius 2 is 2.15 bits per heavy atom. The third kappa shape index (κ3) is 2.88. The number of hydrogen-bond acceptors (Lipinski definition) is 7. The molecule has 1 atom stereocenters. The molecule has 4 rings (SSSR count). The van der Waals surface area contributed by atoms with Crippen LogP contribution in [0.25, 0.3) is 0 Å². The van der Waals surface area contributed by atoms with Gasteiger partial charge in [-0.2, -0.15) is 0 Å². The van der Waals surface area contributed by atoms with Crippen molar-refractivity contribution in [2.24, 2.45) is 5.92 Å². The fourth-order valence-electron chi connectivity index (χ4n) is 3.85. The lowest BCUT2D eigenvalue weighted by Crippen LogP contribution is -2.69. The number of nitrogens with zero attached hydrogens (tertiary/aromatic N) is 4. The van der Waals surface area contributed by atoms with Crippen LogP contribution in [0.15, 0.2) is 18.6 Å². The zero-order valence-electron chi connectivity index (χ0n) is 15.2. The molecule has 0 aliphatic carbocycles. The Balaban J connectivity index is 1.48. The minimum absolute atomic E-state index is 0.110. The standard InChI is InChI=1S/C17H21N5O4S/c1-11-3-5-18-16(21-11)26-7-13-4-6-27(24,25)17(13)8-22(9-17)15(23)14-12(2)19-10-20-14/h3,5,10,13H,4,6-9H2,1-2H3,(H,19,20)/t13-/m1/s1. The van der Waals surface area contributed by atoms with Gasteiger partial charge in [0.15, 0.2) is 9.84 Å². The molecule has 1 N–H and O–H groups in total. The third-order valence-electron chi connectivity index (χ3n) is 5.52. The molecule has 0 radical (unpaired) electrons. The van der Waals surface area contributed by atoms with E-state index < -0.39 is 14.6 Å². The van der Waals surface area contributed by atoms with Crippen LogP contribution in [0, 0.1) is 19.8 Å². The predicted molar refractivity (Wildman–Crippen MR) is 96.1 cm³/mol. The zero-order valence-corrected chi connectivity index (χ0v) is 16.0. The Kier molecular flexibility index (Phi) is 4.17. The van der Waals surface area contributed by atoms with E-state index in [1.54, 1.807) is 24.1 Å². The van der Waals surface area contributed by atoms with Crippen LogP contribution in [0.3, 0.4) is 0 Å². The van der Waals surface area contributed by atoms with Crippen LogP contribution in [0.1, 0.15) is 28.3 Å². The van der Waals surface area contributed by atoms with E-state index in [2.05, 4.69) is 19.9 Å². The fourth-order valence-corrected chi connectivity index (χ4v) is 6.25. The van der Waals surface area contributed by atoms with Crippen molar-refractivity contribution in [3.8, 4) is 6.01 Å². The maximum atomic E-state index is 12.7. The van der Waals surface area contributed by atoms with E-state index in [-0.39, 0.29) is 43.3 Å². The number of hydrogen-bond donors (Lipinski definition) is 1. The van der Waals surface area contributed by atoms with Crippen LogP contribution < -0.4 is 4.74 Å². The first-order valence-corrected chi connectivity index (χ1v) is 10.4. The van der Waals surface area contributed by atoms with Gasteiger partial charge in [0, 0.05) is 36.6 Å². The van der Waals surface area contributed by atoms with Crippen molar-refractivity contribution in [2.75, 3.05) is 25.4 Å². The van der Waals surface area contributed by atoms with Crippen LogP contribution in [0.4, 0.5) is 0 Å². The first-order chi connectivity index (χ1) is 12.8. The summed E-state index contributed by atoms with van der Waals surface area (Å²) in [6.07, 6.45) is 3.58. The monoisotopic (exact) mass is 391 g/mol. The Morgan fingerprint density at radius 1 is 1.37 bits per heavy atom. The Morgan fingerprint density at radius 3 is 2.81 bits per heavy atom. The largest absolute Gasteiger partial charge is 0.463 e. The molecule has 2 aliphatic rings. The van der Waals surface area contributed by atoms with Gasteiger partial charge in [-0.15, -0.1) is 0 Å². The second kappa shape index (κ2) is 6.29. The fraction of sp³-hybridized carbons (Fsp3) is 0.529. The first kappa shape index (κ1) is 17.9. The molecule has 0 unspecified atom stereocenters. The number of imidazole rings is 1. The lowest BCUT2D eigenvalue weighted by Gasteiger charge is -2.49. The zero-order chi connectivity index (χ0) is 19.2. The first-order valence-electron chi connectivity index (χ1n) is 8.76. The van der Waals surface area contributed by atoms with Gasteiger partial charge in [-0.1, -0.05) is 0 Å². The molecule has 27 heavy (non-hydrogen) atoms. The number of likely N-dealkylation sites (tertiary alicyclic amines) is 1. The van der Waals surface area contributed by atoms with E-state index >= 15 is 0 Å². The molecule has 10 heteroatoms. The van der Waals surface area contributed by atoms with Gasteiger partial charge in [0.25, 0.3) is 5.91 Å². The Labute approximate surface area is 157 Å². The predicted octanol–water partition coefficient (Wildman–Crippen LogP) is 0.525. The van der Waals surface area contributed by atoms with Gasteiger partial charge in [0.2, 0.25) is 0 Å². The van der Waals surface area contributed by atoms with Gasteiger partial charge in [-0.25, -0.2) is 23.4 Å². The summed E-state index contributed by atoms with van der Waals surface area (Å²) in [5.74, 6) is -0.335. The van der Waals surface area contributed by atoms with Crippen molar-refractivity contribution in [3.63, 3.8) is 0 Å². The minimum Gasteiger partial charge on any atom is -0.463 e. The number of ether oxygens (including phenoxy) is 1. The number of nitrogens with one attached hydrogen (secondary N) is 1. The highest BCUT2D eigenvalue weighted by Crippen LogP contribution is 2.45. The van der Waals surface area contributed by atoms with Crippen LogP contribution in [0.5, 0.6) is 6.01 Å². The molecular weight excluding hydrogens is 370 g/mol. The second-order valence-corrected chi connectivity index (χ2v) is 9.65. The number of aromatic amines is 1. The maximum absolute atomic E-state index is 12.7. The number of aryl methyl sites for hydroxylation is 2. The van der Waals surface area contributed by atoms with Crippen molar-refractivity contribution in [3.05, 3.63) is 35.7 Å². The molecule has 2 saturated heterocycles. The topological polar surface area (TPSA) is 118 Å². The summed E-state index contributed by atoms with van der Waals surface area (Å²) >= 11 is 0. The minimum atomic E-state index is -3.30. The number of H-pyrrole nitrogens is 1. The molecule has 2 aliphatic heterocycles. The van der Waals surface area contributed by atoms with Gasteiger partial charge in [-0.3, -0.25) is 4.79 Å². The summed E-state index contributed by atoms with van der Waals surface area (Å²) in [6.45, 7) is 4.15. The molecule has 2 aromatic rings. The Hall–Kier alpha value is -2.49. The SMILES string of the molecule is Cc1ccnc(OC[C@H]2CCS(=O)(=O)C23CN(C(=O)c2nc[nH]c2C)C3)n1. The van der Waals surface area contributed by atoms with Crippen molar-refractivity contribution in [1.29, 1.82) is 0 Å². The molecule has 0 saturated carbocycles. The van der Waals surface area contributed by atoms with Gasteiger partial charge in [0.05, 0.1) is 18.7 Å². The number of carbonyl (C=O) groups excluding carboxylic acids is 1. The van der Waals surface area contributed by atoms with Crippen LogP contribution in [0.2, 0.25) is 0 Å². The molecule has 1 amide bonds. The van der Waals surface area contributed by atoms with Gasteiger partial charge >= 0.3 is 6.01 Å². The van der Waals surface area contributed by atoms with E-state index in [4.69, 9.17) is 4.74 Å². The summed E-state index contributed by atoms with van der Waals surface area (Å²) in [6, 6.07) is 2.01. The Bertz CT molecular complexity index is 981. The smallest absolute Gasteiger partial charge is 0.316 e. The van der Waals surface area contributed by atoms with Crippen LogP contribution in [-0.2, 0) is 9.84 Å². The quantitative estimate of drug-likeness (QED) is 0.807. The lowest BCUT2D eigenvalue weighted by molar-refractivity contribution is 0.0398. The molecular formula is C17H21N5O4S. The number of sulfone groups is 1. The lowest BCUT2D eigenvalue weighted by atomic mass is 9.83. The highest BCUT2D eigenvalue weighted by molar-refractivity contribution is 7.93. The highest BCUT2D eigenvalue weighted by Gasteiger charge is 2.63. The van der Waals surface area contributed by atoms with E-state index in [1.165, 1.54) is 6.33 Å². The molecule has 2 aromatic heterocycles. The van der Waals surface area contributed by atoms with Crippen LogP contribution >= 0.6 is 0 Å². The second-order valence-electron chi connectivity index (χ2n) is 7.20. The molecule has 9 nitrogen and oxygen atoms in total. The highest BCUT2D eigenvalue weighted by atomic mass is 32.2. The number of rotatable bonds is 4. The van der Waals surface area contributed by atoms with Gasteiger partial charge < -0.3 is 14.6 Å². The summed E-state index contributed by atoms with van der Waals surface area (Å²) in [5.41, 5.74) is 1.79. The number of carbonyl (C=O) groups is 1. The summed E-state index contributed by atoms with van der Waals surface area (Å²) in [5, 5.41) is 0. The van der Waals surface area contributed by atoms with Crippen molar-refractivity contribution in [1.82, 2.24) is 24.8 Å². The average Bonchev–Trinajstić information content (AvgIpc) is 3.11. The molecule has 144 valence electrons. The van der Waals surface area contributed by atoms with Crippen molar-refractivity contribution >= 4 is 15.7 Å². The van der Waals surface area contributed by atoms with E-state index in [1.807, 2.05) is 6.92 Å². The van der Waals surface area contributed by atoms with E-state index in [9.17, 15) is 13.2 Å². The molecule has 1 spiro atoms. The van der Waals surface area contributed by atoms with Crippen molar-refractivity contribution in [2.45, 2.75) is 25.0 Å². The number of aromatic nitrogens is 4. The average molecular weight is 391 g/mol. The summed E-state index contributed by atoms with van der Waals surface area (Å²) in [4.78, 5) is 29.3. The third-order valence-corrected chi connectivity index (χ3v) is 8.12. The molecule has 2 fully saturated rings. The van der Waals surface area contributed by atoms with Crippen molar-refractivity contribution < 1.29 is 17.9 Å².